The first-order valence-corrected chi connectivity index (χ1v) is 4.96. The average Bonchev–Trinajstić information content (AvgIpc) is 2.06. The molecule has 0 aliphatic rings. The van der Waals surface area contributed by atoms with Gasteiger partial charge < -0.3 is 0 Å². The van der Waals surface area contributed by atoms with Crippen LogP contribution in [0.2, 0.25) is 0 Å². The second kappa shape index (κ2) is 4.46. The topological polar surface area (TPSA) is 0 Å². The van der Waals surface area contributed by atoms with E-state index in [1.165, 1.54) is 11.1 Å². The molecule has 0 aliphatic heterocycles. The lowest BCUT2D eigenvalue weighted by atomic mass is 10.1. The van der Waals surface area contributed by atoms with Gasteiger partial charge in [0.25, 0.3) is 0 Å². The lowest BCUT2D eigenvalue weighted by molar-refractivity contribution is 1.22. The zero-order valence-corrected chi connectivity index (χ0v) is 9.06. The van der Waals surface area contributed by atoms with Gasteiger partial charge in [0.1, 0.15) is 0 Å². The Labute approximate surface area is 82.4 Å². The highest BCUT2D eigenvalue weighted by molar-refractivity contribution is 9.10. The van der Waals surface area contributed by atoms with E-state index in [4.69, 9.17) is 0 Å². The molecule has 0 heterocycles. The number of hydrogen-bond acceptors (Lipinski definition) is 0. The maximum Gasteiger partial charge on any atom is 0.0175 e. The lowest BCUT2D eigenvalue weighted by Gasteiger charge is -2.00. The molecule has 1 aromatic rings. The SMILES string of the molecule is CC/C=C(\C)c1ccc(Br)cc1. The molecular weight excluding hydrogens is 212 g/mol. The standard InChI is InChI=1S/C11H13Br/c1-3-4-9(2)10-5-7-11(12)8-6-10/h4-8H,3H2,1-2H3/b9-4+. The summed E-state index contributed by atoms with van der Waals surface area (Å²) >= 11 is 3.41. The van der Waals surface area contributed by atoms with E-state index in [0.717, 1.165) is 10.9 Å². The molecule has 0 bridgehead atoms. The average molecular weight is 225 g/mol. The fourth-order valence-electron chi connectivity index (χ4n) is 1.14. The molecule has 0 N–H and O–H groups in total. The fraction of sp³-hybridized carbons (Fsp3) is 0.273. The highest BCUT2D eigenvalue weighted by Crippen LogP contribution is 2.17. The molecule has 64 valence electrons. The molecule has 0 saturated heterocycles. The van der Waals surface area contributed by atoms with Gasteiger partial charge in [0.05, 0.1) is 0 Å². The Balaban J connectivity index is 2.89. The fourth-order valence-corrected chi connectivity index (χ4v) is 1.40. The molecule has 0 radical (unpaired) electrons. The molecule has 1 aromatic carbocycles. The Morgan fingerprint density at radius 3 is 2.42 bits per heavy atom. The van der Waals surface area contributed by atoms with Crippen LogP contribution in [0.3, 0.4) is 0 Å². The molecule has 0 fully saturated rings. The van der Waals surface area contributed by atoms with Crippen LogP contribution in [0.4, 0.5) is 0 Å². The van der Waals surface area contributed by atoms with Gasteiger partial charge in [0.15, 0.2) is 0 Å². The zero-order chi connectivity index (χ0) is 8.97. The Morgan fingerprint density at radius 1 is 1.33 bits per heavy atom. The van der Waals surface area contributed by atoms with Crippen molar-refractivity contribution >= 4 is 21.5 Å². The van der Waals surface area contributed by atoms with Gasteiger partial charge in [-0.15, -0.1) is 0 Å². The molecular formula is C11H13Br. The van der Waals surface area contributed by atoms with Crippen LogP contribution in [0, 0.1) is 0 Å². The normalized spacial score (nSPS) is 11.8. The first kappa shape index (κ1) is 9.53. The van der Waals surface area contributed by atoms with Gasteiger partial charge in [0, 0.05) is 4.47 Å². The second-order valence-electron chi connectivity index (χ2n) is 2.80. The quantitative estimate of drug-likeness (QED) is 0.705. The van der Waals surface area contributed by atoms with Crippen molar-refractivity contribution in [1.29, 1.82) is 0 Å². The molecule has 0 unspecified atom stereocenters. The third kappa shape index (κ3) is 2.49. The van der Waals surface area contributed by atoms with Crippen LogP contribution in [-0.2, 0) is 0 Å². The smallest absolute Gasteiger partial charge is 0.0175 e. The van der Waals surface area contributed by atoms with Gasteiger partial charge in [0.2, 0.25) is 0 Å². The summed E-state index contributed by atoms with van der Waals surface area (Å²) in [6.07, 6.45) is 3.34. The second-order valence-corrected chi connectivity index (χ2v) is 3.72. The lowest BCUT2D eigenvalue weighted by Crippen LogP contribution is -1.77. The minimum atomic E-state index is 1.10. The molecule has 12 heavy (non-hydrogen) atoms. The summed E-state index contributed by atoms with van der Waals surface area (Å²) in [5.74, 6) is 0. The van der Waals surface area contributed by atoms with Crippen LogP contribution in [0.5, 0.6) is 0 Å². The molecule has 0 spiro atoms. The number of rotatable bonds is 2. The molecule has 0 amide bonds. The van der Waals surface area contributed by atoms with Crippen molar-refractivity contribution in [1.82, 2.24) is 0 Å². The van der Waals surface area contributed by atoms with Crippen molar-refractivity contribution in [3.8, 4) is 0 Å². The Morgan fingerprint density at radius 2 is 1.92 bits per heavy atom. The Hall–Kier alpha value is -0.560. The van der Waals surface area contributed by atoms with Crippen LogP contribution in [0.15, 0.2) is 34.8 Å². The van der Waals surface area contributed by atoms with Gasteiger partial charge in [-0.3, -0.25) is 0 Å². The monoisotopic (exact) mass is 224 g/mol. The van der Waals surface area contributed by atoms with E-state index in [1.807, 2.05) is 0 Å². The molecule has 0 nitrogen and oxygen atoms in total. The predicted octanol–water partition coefficient (Wildman–Crippen LogP) is 4.26. The number of halogens is 1. The number of hydrogen-bond donors (Lipinski definition) is 0. The summed E-state index contributed by atoms with van der Waals surface area (Å²) in [6, 6.07) is 8.40. The summed E-state index contributed by atoms with van der Waals surface area (Å²) in [7, 11) is 0. The summed E-state index contributed by atoms with van der Waals surface area (Å²) in [4.78, 5) is 0. The first-order chi connectivity index (χ1) is 5.74. The Kier molecular flexibility index (Phi) is 3.54. The van der Waals surface area contributed by atoms with Crippen molar-refractivity contribution in [3.05, 3.63) is 40.4 Å². The van der Waals surface area contributed by atoms with E-state index < -0.39 is 0 Å². The van der Waals surface area contributed by atoms with Crippen LogP contribution >= 0.6 is 15.9 Å². The Bertz CT molecular complexity index is 270. The molecule has 1 rings (SSSR count). The van der Waals surface area contributed by atoms with Crippen molar-refractivity contribution in [3.63, 3.8) is 0 Å². The summed E-state index contributed by atoms with van der Waals surface area (Å²) < 4.78 is 1.13. The summed E-state index contributed by atoms with van der Waals surface area (Å²) in [5, 5.41) is 0. The molecule has 0 atom stereocenters. The zero-order valence-electron chi connectivity index (χ0n) is 7.47. The largest absolute Gasteiger partial charge is 0.0813 e. The van der Waals surface area contributed by atoms with Gasteiger partial charge in [-0.05, 0) is 36.6 Å². The van der Waals surface area contributed by atoms with Gasteiger partial charge >= 0.3 is 0 Å². The number of benzene rings is 1. The summed E-state index contributed by atoms with van der Waals surface area (Å²) in [6.45, 7) is 4.30. The van der Waals surface area contributed by atoms with Gasteiger partial charge in [-0.1, -0.05) is 41.1 Å². The van der Waals surface area contributed by atoms with Crippen LogP contribution in [-0.4, -0.2) is 0 Å². The first-order valence-electron chi connectivity index (χ1n) is 4.16. The van der Waals surface area contributed by atoms with Gasteiger partial charge in [-0.25, -0.2) is 0 Å². The van der Waals surface area contributed by atoms with Crippen molar-refractivity contribution in [2.24, 2.45) is 0 Å². The molecule has 0 saturated carbocycles. The maximum atomic E-state index is 3.41. The molecule has 1 heteroatoms. The van der Waals surface area contributed by atoms with Crippen molar-refractivity contribution in [2.75, 3.05) is 0 Å². The third-order valence-corrected chi connectivity index (χ3v) is 2.34. The molecule has 0 aromatic heterocycles. The van der Waals surface area contributed by atoms with E-state index in [0.29, 0.717) is 0 Å². The highest BCUT2D eigenvalue weighted by Gasteiger charge is 1.93. The van der Waals surface area contributed by atoms with Crippen LogP contribution < -0.4 is 0 Å². The minimum Gasteiger partial charge on any atom is -0.0813 e. The van der Waals surface area contributed by atoms with Gasteiger partial charge in [-0.2, -0.15) is 0 Å². The van der Waals surface area contributed by atoms with E-state index in [1.54, 1.807) is 0 Å². The van der Waals surface area contributed by atoms with E-state index in [-0.39, 0.29) is 0 Å². The van der Waals surface area contributed by atoms with E-state index in [2.05, 4.69) is 60.1 Å². The van der Waals surface area contributed by atoms with Crippen LogP contribution in [0.25, 0.3) is 5.57 Å². The van der Waals surface area contributed by atoms with Crippen molar-refractivity contribution < 1.29 is 0 Å². The van der Waals surface area contributed by atoms with Crippen LogP contribution in [0.1, 0.15) is 25.8 Å². The predicted molar refractivity (Wildman–Crippen MR) is 58.1 cm³/mol. The minimum absolute atomic E-state index is 1.10. The summed E-state index contributed by atoms with van der Waals surface area (Å²) in [5.41, 5.74) is 2.66. The maximum absolute atomic E-state index is 3.41. The van der Waals surface area contributed by atoms with E-state index in [9.17, 15) is 0 Å². The van der Waals surface area contributed by atoms with Crippen molar-refractivity contribution in [2.45, 2.75) is 20.3 Å². The molecule has 0 aliphatic carbocycles. The van der Waals surface area contributed by atoms with E-state index >= 15 is 0 Å². The highest BCUT2D eigenvalue weighted by atomic mass is 79.9. The number of allylic oxidation sites excluding steroid dienone is 2. The third-order valence-electron chi connectivity index (χ3n) is 1.81.